The third kappa shape index (κ3) is 2.58. The molecular formula is C11H15NOS. The highest BCUT2D eigenvalue weighted by Gasteiger charge is 2.12. The van der Waals surface area contributed by atoms with Crippen molar-refractivity contribution in [2.24, 2.45) is 0 Å². The van der Waals surface area contributed by atoms with Crippen molar-refractivity contribution < 1.29 is 5.11 Å². The van der Waals surface area contributed by atoms with Crippen LogP contribution in [-0.2, 0) is 0 Å². The van der Waals surface area contributed by atoms with E-state index in [4.69, 9.17) is 0 Å². The van der Waals surface area contributed by atoms with Gasteiger partial charge in [-0.3, -0.25) is 0 Å². The molecule has 14 heavy (non-hydrogen) atoms. The topological polar surface area (TPSA) is 32.3 Å². The zero-order valence-corrected chi connectivity index (χ0v) is 8.89. The third-order valence-electron chi connectivity index (χ3n) is 2.44. The van der Waals surface area contributed by atoms with Gasteiger partial charge in [-0.05, 0) is 36.5 Å². The zero-order valence-electron chi connectivity index (χ0n) is 8.07. The Hall–Kier alpha value is -0.830. The van der Waals surface area contributed by atoms with Gasteiger partial charge in [-0.25, -0.2) is 0 Å². The average Bonchev–Trinajstić information content (AvgIpc) is 2.19. The highest BCUT2D eigenvalue weighted by molar-refractivity contribution is 7.99. The summed E-state index contributed by atoms with van der Waals surface area (Å²) in [5.74, 6) is 2.83. The number of hydrogen-bond donors (Lipinski definition) is 2. The third-order valence-corrected chi connectivity index (χ3v) is 3.49. The summed E-state index contributed by atoms with van der Waals surface area (Å²) in [6, 6.07) is 7.93. The van der Waals surface area contributed by atoms with E-state index < -0.39 is 0 Å². The molecule has 0 spiro atoms. The Bertz CT molecular complexity index is 297. The smallest absolute Gasteiger partial charge is 0.117 e. The van der Waals surface area contributed by atoms with Gasteiger partial charge in [0.1, 0.15) is 5.75 Å². The Morgan fingerprint density at radius 3 is 2.79 bits per heavy atom. The molecule has 0 saturated carbocycles. The monoisotopic (exact) mass is 209 g/mol. The minimum atomic E-state index is 0.334. The van der Waals surface area contributed by atoms with Gasteiger partial charge in [-0.15, -0.1) is 0 Å². The molecule has 1 aromatic carbocycles. The van der Waals surface area contributed by atoms with Crippen molar-refractivity contribution in [2.75, 3.05) is 16.8 Å². The zero-order chi connectivity index (χ0) is 9.80. The number of nitrogens with one attached hydrogen (secondary N) is 1. The number of phenols is 1. The van der Waals surface area contributed by atoms with Gasteiger partial charge in [-0.2, -0.15) is 11.8 Å². The fourth-order valence-corrected chi connectivity index (χ4v) is 2.78. The van der Waals surface area contributed by atoms with E-state index in [-0.39, 0.29) is 0 Å². The van der Waals surface area contributed by atoms with Crippen LogP contribution < -0.4 is 5.32 Å². The Morgan fingerprint density at radius 1 is 1.29 bits per heavy atom. The number of benzene rings is 1. The van der Waals surface area contributed by atoms with Crippen molar-refractivity contribution in [3.05, 3.63) is 24.3 Å². The van der Waals surface area contributed by atoms with E-state index in [1.807, 2.05) is 23.9 Å². The normalized spacial score (nSPS) is 18.0. The van der Waals surface area contributed by atoms with Crippen molar-refractivity contribution in [3.8, 4) is 5.75 Å². The number of anilines is 1. The van der Waals surface area contributed by atoms with Gasteiger partial charge in [0.15, 0.2) is 0 Å². The summed E-state index contributed by atoms with van der Waals surface area (Å²) in [4.78, 5) is 0. The van der Waals surface area contributed by atoms with Gasteiger partial charge >= 0.3 is 0 Å². The average molecular weight is 209 g/mol. The first-order valence-electron chi connectivity index (χ1n) is 4.98. The Morgan fingerprint density at radius 2 is 2.07 bits per heavy atom. The summed E-state index contributed by atoms with van der Waals surface area (Å²) in [6.07, 6.45) is 2.45. The molecule has 0 aromatic heterocycles. The molecule has 1 aliphatic heterocycles. The minimum Gasteiger partial charge on any atom is -0.508 e. The van der Waals surface area contributed by atoms with E-state index in [9.17, 15) is 5.11 Å². The molecular weight excluding hydrogens is 194 g/mol. The summed E-state index contributed by atoms with van der Waals surface area (Å²) < 4.78 is 0. The van der Waals surface area contributed by atoms with E-state index in [1.54, 1.807) is 12.1 Å². The molecule has 1 aliphatic rings. The molecule has 0 aliphatic carbocycles. The van der Waals surface area contributed by atoms with Gasteiger partial charge in [0.05, 0.1) is 0 Å². The van der Waals surface area contributed by atoms with Crippen LogP contribution >= 0.6 is 11.8 Å². The van der Waals surface area contributed by atoms with Crippen molar-refractivity contribution in [1.82, 2.24) is 0 Å². The second-order valence-electron chi connectivity index (χ2n) is 3.58. The van der Waals surface area contributed by atoms with Crippen molar-refractivity contribution in [1.29, 1.82) is 0 Å². The van der Waals surface area contributed by atoms with Gasteiger partial charge in [0, 0.05) is 17.8 Å². The molecule has 2 N–H and O–H groups in total. The molecule has 2 nitrogen and oxygen atoms in total. The molecule has 1 saturated heterocycles. The summed E-state index contributed by atoms with van der Waals surface area (Å²) in [6.45, 7) is 0. The first-order chi connectivity index (χ1) is 6.84. The van der Waals surface area contributed by atoms with Crippen LogP contribution in [0.5, 0.6) is 5.75 Å². The number of phenolic OH excluding ortho intramolecular Hbond substituents is 1. The molecule has 2 rings (SSSR count). The van der Waals surface area contributed by atoms with Gasteiger partial charge in [-0.1, -0.05) is 6.07 Å². The van der Waals surface area contributed by atoms with Crippen LogP contribution in [0.15, 0.2) is 24.3 Å². The minimum absolute atomic E-state index is 0.334. The quantitative estimate of drug-likeness (QED) is 0.785. The summed E-state index contributed by atoms with van der Waals surface area (Å²) >= 11 is 2.02. The lowest BCUT2D eigenvalue weighted by molar-refractivity contribution is 0.475. The van der Waals surface area contributed by atoms with Crippen LogP contribution in [0.4, 0.5) is 5.69 Å². The summed E-state index contributed by atoms with van der Waals surface area (Å²) in [7, 11) is 0. The van der Waals surface area contributed by atoms with Crippen LogP contribution in [-0.4, -0.2) is 22.7 Å². The molecule has 0 atom stereocenters. The molecule has 0 radical (unpaired) electrons. The van der Waals surface area contributed by atoms with Crippen molar-refractivity contribution in [2.45, 2.75) is 18.9 Å². The fraction of sp³-hybridized carbons (Fsp3) is 0.455. The highest BCUT2D eigenvalue weighted by atomic mass is 32.2. The maximum Gasteiger partial charge on any atom is 0.117 e. The molecule has 1 heterocycles. The fourth-order valence-electron chi connectivity index (χ4n) is 1.67. The number of hydrogen-bond acceptors (Lipinski definition) is 3. The largest absolute Gasteiger partial charge is 0.508 e. The lowest BCUT2D eigenvalue weighted by Crippen LogP contribution is -2.24. The number of aromatic hydroxyl groups is 1. The van der Waals surface area contributed by atoms with Gasteiger partial charge in [0.2, 0.25) is 0 Å². The van der Waals surface area contributed by atoms with Crippen LogP contribution in [0, 0.1) is 0 Å². The van der Waals surface area contributed by atoms with Gasteiger partial charge < -0.3 is 10.4 Å². The Labute approximate surface area is 88.7 Å². The van der Waals surface area contributed by atoms with E-state index in [0.717, 1.165) is 5.69 Å². The standard InChI is InChI=1S/C11H15NOS/c13-11-3-1-2-10(8-11)12-9-4-6-14-7-5-9/h1-3,8-9,12-13H,4-7H2. The first-order valence-corrected chi connectivity index (χ1v) is 6.13. The van der Waals surface area contributed by atoms with E-state index >= 15 is 0 Å². The molecule has 0 amide bonds. The predicted octanol–water partition coefficient (Wildman–Crippen LogP) is 2.70. The maximum atomic E-state index is 9.30. The van der Waals surface area contributed by atoms with Crippen LogP contribution in [0.3, 0.4) is 0 Å². The van der Waals surface area contributed by atoms with Crippen LogP contribution in [0.2, 0.25) is 0 Å². The second kappa shape index (κ2) is 4.60. The lowest BCUT2D eigenvalue weighted by Gasteiger charge is -2.23. The van der Waals surface area contributed by atoms with Crippen LogP contribution in [0.25, 0.3) is 0 Å². The summed E-state index contributed by atoms with van der Waals surface area (Å²) in [5, 5.41) is 12.7. The molecule has 1 aromatic rings. The molecule has 76 valence electrons. The molecule has 3 heteroatoms. The SMILES string of the molecule is Oc1cccc(NC2CCSCC2)c1. The van der Waals surface area contributed by atoms with Crippen LogP contribution in [0.1, 0.15) is 12.8 Å². The highest BCUT2D eigenvalue weighted by Crippen LogP contribution is 2.22. The lowest BCUT2D eigenvalue weighted by atomic mass is 10.1. The van der Waals surface area contributed by atoms with E-state index in [0.29, 0.717) is 11.8 Å². The van der Waals surface area contributed by atoms with Gasteiger partial charge in [0.25, 0.3) is 0 Å². The van der Waals surface area contributed by atoms with Crippen molar-refractivity contribution in [3.63, 3.8) is 0 Å². The van der Waals surface area contributed by atoms with E-state index in [2.05, 4.69) is 5.32 Å². The Kier molecular flexibility index (Phi) is 3.19. The maximum absolute atomic E-state index is 9.30. The predicted molar refractivity (Wildman–Crippen MR) is 62.1 cm³/mol. The number of rotatable bonds is 2. The number of thioether (sulfide) groups is 1. The Balaban J connectivity index is 1.95. The molecule has 1 fully saturated rings. The first kappa shape index (κ1) is 9.71. The van der Waals surface area contributed by atoms with E-state index in [1.165, 1.54) is 24.3 Å². The molecule has 0 unspecified atom stereocenters. The second-order valence-corrected chi connectivity index (χ2v) is 4.81. The van der Waals surface area contributed by atoms with Crippen molar-refractivity contribution >= 4 is 17.4 Å². The summed E-state index contributed by atoms with van der Waals surface area (Å²) in [5.41, 5.74) is 1.03. The molecule has 0 bridgehead atoms.